The summed E-state index contributed by atoms with van der Waals surface area (Å²) in [5.41, 5.74) is 0.0972. The first-order valence-electron chi connectivity index (χ1n) is 9.42. The third-order valence-corrected chi connectivity index (χ3v) is 6.08. The Morgan fingerprint density at radius 1 is 1.30 bits per heavy atom. The summed E-state index contributed by atoms with van der Waals surface area (Å²) < 4.78 is 41.6. The SMILES string of the molecule is C[C@H]1CC[C@H](Nc2ncc(C(F)(F)F)c(-c3c[nH]c4c(Br)c(C#N)ccc34)n2)CN1. The normalized spacial score (nSPS) is 19.6. The van der Waals surface area contributed by atoms with Crippen molar-refractivity contribution in [3.8, 4) is 17.3 Å². The van der Waals surface area contributed by atoms with Crippen molar-refractivity contribution in [2.24, 2.45) is 0 Å². The van der Waals surface area contributed by atoms with Gasteiger partial charge in [0.05, 0.1) is 21.2 Å². The van der Waals surface area contributed by atoms with Gasteiger partial charge in [-0.3, -0.25) is 0 Å². The first-order chi connectivity index (χ1) is 14.3. The predicted octanol–water partition coefficient (Wildman–Crippen LogP) is 4.83. The molecule has 0 unspecified atom stereocenters. The lowest BCUT2D eigenvalue weighted by atomic mass is 10.0. The fraction of sp³-hybridized carbons (Fsp3) is 0.350. The Morgan fingerprint density at radius 3 is 2.77 bits per heavy atom. The summed E-state index contributed by atoms with van der Waals surface area (Å²) in [6.07, 6.45) is -0.473. The van der Waals surface area contributed by atoms with E-state index < -0.39 is 11.7 Å². The maximum atomic E-state index is 13.7. The van der Waals surface area contributed by atoms with Crippen LogP contribution in [0.5, 0.6) is 0 Å². The number of halogens is 4. The van der Waals surface area contributed by atoms with Gasteiger partial charge in [0, 0.05) is 42.0 Å². The molecule has 30 heavy (non-hydrogen) atoms. The third kappa shape index (κ3) is 3.87. The van der Waals surface area contributed by atoms with Crippen LogP contribution in [0.15, 0.2) is 29.0 Å². The van der Waals surface area contributed by atoms with Gasteiger partial charge in [0.2, 0.25) is 5.95 Å². The molecule has 0 bridgehead atoms. The molecule has 0 aliphatic carbocycles. The molecule has 1 saturated heterocycles. The largest absolute Gasteiger partial charge is 0.419 e. The van der Waals surface area contributed by atoms with E-state index in [-0.39, 0.29) is 17.7 Å². The average Bonchev–Trinajstić information content (AvgIpc) is 3.14. The minimum absolute atomic E-state index is 0.0427. The Labute approximate surface area is 179 Å². The fourth-order valence-corrected chi connectivity index (χ4v) is 4.16. The molecule has 3 N–H and O–H groups in total. The van der Waals surface area contributed by atoms with Gasteiger partial charge in [0.25, 0.3) is 0 Å². The second-order valence-electron chi connectivity index (χ2n) is 7.35. The predicted molar refractivity (Wildman–Crippen MR) is 111 cm³/mol. The highest BCUT2D eigenvalue weighted by Gasteiger charge is 2.36. The maximum Gasteiger partial charge on any atom is 0.419 e. The molecule has 4 rings (SSSR count). The number of benzene rings is 1. The molecule has 2 aromatic heterocycles. The molecule has 0 spiro atoms. The van der Waals surface area contributed by atoms with E-state index in [1.54, 1.807) is 12.1 Å². The summed E-state index contributed by atoms with van der Waals surface area (Å²) in [7, 11) is 0. The van der Waals surface area contributed by atoms with E-state index in [0.29, 0.717) is 39.1 Å². The number of nitriles is 1. The molecule has 156 valence electrons. The molecule has 2 atom stereocenters. The van der Waals surface area contributed by atoms with Crippen molar-refractivity contribution >= 4 is 32.8 Å². The molecule has 3 heterocycles. The molecule has 6 nitrogen and oxygen atoms in total. The zero-order chi connectivity index (χ0) is 21.5. The molecule has 1 aliphatic heterocycles. The molecule has 3 aromatic rings. The number of aromatic amines is 1. The van der Waals surface area contributed by atoms with E-state index >= 15 is 0 Å². The molecule has 0 saturated carbocycles. The number of H-pyrrole nitrogens is 1. The zero-order valence-corrected chi connectivity index (χ0v) is 17.5. The van der Waals surface area contributed by atoms with Crippen LogP contribution in [0.25, 0.3) is 22.2 Å². The van der Waals surface area contributed by atoms with Gasteiger partial charge in [-0.25, -0.2) is 9.97 Å². The van der Waals surface area contributed by atoms with Crippen molar-refractivity contribution in [3.63, 3.8) is 0 Å². The van der Waals surface area contributed by atoms with Crippen molar-refractivity contribution in [1.29, 1.82) is 5.26 Å². The Hall–Kier alpha value is -2.64. The van der Waals surface area contributed by atoms with Crippen molar-refractivity contribution in [2.45, 2.75) is 38.0 Å². The van der Waals surface area contributed by atoms with Gasteiger partial charge in [0.1, 0.15) is 11.6 Å². The molecule has 0 radical (unpaired) electrons. The second-order valence-corrected chi connectivity index (χ2v) is 8.14. The van der Waals surface area contributed by atoms with Crippen LogP contribution in [0.1, 0.15) is 30.9 Å². The number of nitrogens with zero attached hydrogens (tertiary/aromatic N) is 3. The van der Waals surface area contributed by atoms with Crippen LogP contribution < -0.4 is 10.6 Å². The van der Waals surface area contributed by atoms with Crippen molar-refractivity contribution < 1.29 is 13.2 Å². The molecular weight excluding hydrogens is 461 g/mol. The van der Waals surface area contributed by atoms with Gasteiger partial charge in [-0.15, -0.1) is 0 Å². The zero-order valence-electron chi connectivity index (χ0n) is 15.9. The van der Waals surface area contributed by atoms with Crippen LogP contribution in [0, 0.1) is 11.3 Å². The number of anilines is 1. The first kappa shape index (κ1) is 20.6. The van der Waals surface area contributed by atoms with Crippen LogP contribution in [0.3, 0.4) is 0 Å². The van der Waals surface area contributed by atoms with Crippen molar-refractivity contribution in [1.82, 2.24) is 20.3 Å². The maximum absolute atomic E-state index is 13.7. The highest BCUT2D eigenvalue weighted by Crippen LogP contribution is 2.40. The standard InChI is InChI=1S/C20H18BrF3N6/c1-10-2-4-12(7-26-10)29-19-28-9-15(20(22,23)24)17(30-19)14-8-27-18-13(14)5-3-11(6-25)16(18)21/h3,5,8-10,12,26-27H,2,4,7H2,1H3,(H,28,29,30)/t10-,12-/m0/s1. The fourth-order valence-electron chi connectivity index (χ4n) is 3.61. The van der Waals surface area contributed by atoms with E-state index in [4.69, 9.17) is 0 Å². The van der Waals surface area contributed by atoms with Crippen LogP contribution in [-0.4, -0.2) is 33.6 Å². The number of rotatable bonds is 3. The van der Waals surface area contributed by atoms with E-state index in [1.165, 1.54) is 6.20 Å². The van der Waals surface area contributed by atoms with Gasteiger partial charge in [-0.2, -0.15) is 18.4 Å². The van der Waals surface area contributed by atoms with Crippen LogP contribution in [-0.2, 0) is 6.18 Å². The van der Waals surface area contributed by atoms with E-state index in [1.807, 2.05) is 6.07 Å². The summed E-state index contributed by atoms with van der Waals surface area (Å²) in [6.45, 7) is 2.79. The summed E-state index contributed by atoms with van der Waals surface area (Å²) in [5.74, 6) is 0.154. The summed E-state index contributed by atoms with van der Waals surface area (Å²) in [6, 6.07) is 5.68. The van der Waals surface area contributed by atoms with E-state index in [0.717, 1.165) is 19.0 Å². The molecule has 1 fully saturated rings. The lowest BCUT2D eigenvalue weighted by molar-refractivity contribution is -0.137. The Bertz CT molecular complexity index is 1130. The molecular formula is C20H18BrF3N6. The van der Waals surface area contributed by atoms with Gasteiger partial charge < -0.3 is 15.6 Å². The highest BCUT2D eigenvalue weighted by molar-refractivity contribution is 9.10. The quantitative estimate of drug-likeness (QED) is 0.501. The number of hydrogen-bond acceptors (Lipinski definition) is 5. The van der Waals surface area contributed by atoms with Gasteiger partial charge >= 0.3 is 6.18 Å². The molecule has 1 aromatic carbocycles. The number of nitrogens with one attached hydrogen (secondary N) is 3. The first-order valence-corrected chi connectivity index (χ1v) is 10.2. The van der Waals surface area contributed by atoms with Crippen LogP contribution >= 0.6 is 15.9 Å². The highest BCUT2D eigenvalue weighted by atomic mass is 79.9. The van der Waals surface area contributed by atoms with Gasteiger partial charge in [-0.05, 0) is 41.8 Å². The van der Waals surface area contributed by atoms with Crippen LogP contribution in [0.4, 0.5) is 19.1 Å². The smallest absolute Gasteiger partial charge is 0.360 e. The van der Waals surface area contributed by atoms with E-state index in [9.17, 15) is 18.4 Å². The lowest BCUT2D eigenvalue weighted by Gasteiger charge is -2.28. The van der Waals surface area contributed by atoms with Gasteiger partial charge in [-0.1, -0.05) is 6.07 Å². The molecule has 0 amide bonds. The number of hydrogen-bond donors (Lipinski definition) is 3. The summed E-state index contributed by atoms with van der Waals surface area (Å²) >= 11 is 3.34. The van der Waals surface area contributed by atoms with Gasteiger partial charge in [0.15, 0.2) is 0 Å². The Balaban J connectivity index is 1.78. The third-order valence-electron chi connectivity index (χ3n) is 5.26. The minimum Gasteiger partial charge on any atom is -0.360 e. The average molecular weight is 479 g/mol. The van der Waals surface area contributed by atoms with Crippen molar-refractivity contribution in [3.05, 3.63) is 40.1 Å². The molecule has 1 aliphatic rings. The topological polar surface area (TPSA) is 89.4 Å². The number of piperidine rings is 1. The van der Waals surface area contributed by atoms with E-state index in [2.05, 4.69) is 48.4 Å². The van der Waals surface area contributed by atoms with Crippen LogP contribution in [0.2, 0.25) is 0 Å². The summed E-state index contributed by atoms with van der Waals surface area (Å²) in [5, 5.41) is 16.2. The summed E-state index contributed by atoms with van der Waals surface area (Å²) in [4.78, 5) is 11.1. The Kier molecular flexibility index (Phi) is 5.42. The molecule has 10 heteroatoms. The Morgan fingerprint density at radius 2 is 2.10 bits per heavy atom. The lowest BCUT2D eigenvalue weighted by Crippen LogP contribution is -2.43. The number of alkyl halides is 3. The van der Waals surface area contributed by atoms with Crippen molar-refractivity contribution in [2.75, 3.05) is 11.9 Å². The number of fused-ring (bicyclic) bond motifs is 1. The number of aromatic nitrogens is 3. The monoisotopic (exact) mass is 478 g/mol. The minimum atomic E-state index is -4.61. The second kappa shape index (κ2) is 7.89.